The molecule has 0 saturated carbocycles. The summed E-state index contributed by atoms with van der Waals surface area (Å²) in [6.45, 7) is 2.93. The van der Waals surface area contributed by atoms with Crippen molar-refractivity contribution in [2.75, 3.05) is 13.2 Å². The Morgan fingerprint density at radius 1 is 1.10 bits per heavy atom. The average Bonchev–Trinajstić information content (AvgIpc) is 2.52. The minimum atomic E-state index is -0.118. The van der Waals surface area contributed by atoms with Crippen LogP contribution in [0.3, 0.4) is 0 Å². The highest BCUT2D eigenvalue weighted by molar-refractivity contribution is 5.91. The minimum absolute atomic E-state index is 0.118. The number of para-hydroxylation sites is 1. The van der Waals surface area contributed by atoms with Crippen molar-refractivity contribution in [2.24, 2.45) is 0 Å². The Morgan fingerprint density at radius 2 is 1.81 bits per heavy atom. The number of hydrogen-bond donors (Lipinski definition) is 1. The molecule has 0 bridgehead atoms. The van der Waals surface area contributed by atoms with Gasteiger partial charge in [0.2, 0.25) is 5.91 Å². The lowest BCUT2D eigenvalue weighted by Crippen LogP contribution is -2.26. The maximum absolute atomic E-state index is 11.6. The van der Waals surface area contributed by atoms with Gasteiger partial charge in [-0.25, -0.2) is 0 Å². The smallest absolute Gasteiger partial charge is 0.244 e. The third-order valence-electron chi connectivity index (χ3n) is 2.98. The summed E-state index contributed by atoms with van der Waals surface area (Å²) in [5, 5.41) is 2.79. The van der Waals surface area contributed by atoms with Crippen LogP contribution in [0.5, 0.6) is 5.75 Å². The van der Waals surface area contributed by atoms with Crippen molar-refractivity contribution >= 4 is 12.0 Å². The van der Waals surface area contributed by atoms with Gasteiger partial charge >= 0.3 is 0 Å². The van der Waals surface area contributed by atoms with E-state index >= 15 is 0 Å². The topological polar surface area (TPSA) is 38.3 Å². The molecule has 108 valence electrons. The van der Waals surface area contributed by atoms with E-state index in [9.17, 15) is 4.79 Å². The van der Waals surface area contributed by atoms with E-state index in [4.69, 9.17) is 4.74 Å². The molecule has 21 heavy (non-hydrogen) atoms. The molecular weight excluding hydrogens is 262 g/mol. The number of aryl methyl sites for hydroxylation is 1. The van der Waals surface area contributed by atoms with Crippen LogP contribution in [0.4, 0.5) is 0 Å². The van der Waals surface area contributed by atoms with Gasteiger partial charge in [-0.3, -0.25) is 4.79 Å². The quantitative estimate of drug-likeness (QED) is 0.652. The first kappa shape index (κ1) is 14.9. The van der Waals surface area contributed by atoms with E-state index in [1.165, 1.54) is 6.08 Å². The molecule has 0 heterocycles. The molecule has 3 nitrogen and oxygen atoms in total. The number of carbonyl (C=O) groups is 1. The van der Waals surface area contributed by atoms with Crippen molar-refractivity contribution in [1.82, 2.24) is 5.32 Å². The molecule has 3 heteroatoms. The molecule has 0 aliphatic rings. The zero-order valence-corrected chi connectivity index (χ0v) is 12.1. The second-order valence-electron chi connectivity index (χ2n) is 4.65. The largest absolute Gasteiger partial charge is 0.491 e. The van der Waals surface area contributed by atoms with Gasteiger partial charge in [0.05, 0.1) is 6.54 Å². The SMILES string of the molecule is Cc1ccccc1OCCNC(=O)C=Cc1ccccc1. The monoisotopic (exact) mass is 281 g/mol. The van der Waals surface area contributed by atoms with E-state index in [0.29, 0.717) is 13.2 Å². The van der Waals surface area contributed by atoms with Crippen molar-refractivity contribution in [3.05, 3.63) is 71.8 Å². The first-order valence-electron chi connectivity index (χ1n) is 6.95. The van der Waals surface area contributed by atoms with Crippen LogP contribution < -0.4 is 10.1 Å². The Hall–Kier alpha value is -2.55. The van der Waals surface area contributed by atoms with Crippen LogP contribution in [0.25, 0.3) is 6.08 Å². The average molecular weight is 281 g/mol. The first-order chi connectivity index (χ1) is 10.3. The van der Waals surface area contributed by atoms with Gasteiger partial charge in [0.15, 0.2) is 0 Å². The maximum atomic E-state index is 11.6. The summed E-state index contributed by atoms with van der Waals surface area (Å²) in [7, 11) is 0. The molecule has 0 aliphatic heterocycles. The van der Waals surface area contributed by atoms with Gasteiger partial charge < -0.3 is 10.1 Å². The van der Waals surface area contributed by atoms with Crippen LogP contribution in [-0.4, -0.2) is 19.1 Å². The number of amides is 1. The Bertz CT molecular complexity index is 606. The van der Waals surface area contributed by atoms with Crippen LogP contribution in [0, 0.1) is 6.92 Å². The Morgan fingerprint density at radius 3 is 2.57 bits per heavy atom. The molecule has 0 unspecified atom stereocenters. The van der Waals surface area contributed by atoms with Crippen LogP contribution in [0.15, 0.2) is 60.7 Å². The molecule has 0 aliphatic carbocycles. The first-order valence-corrected chi connectivity index (χ1v) is 6.95. The van der Waals surface area contributed by atoms with Crippen LogP contribution >= 0.6 is 0 Å². The number of carbonyl (C=O) groups excluding carboxylic acids is 1. The summed E-state index contributed by atoms with van der Waals surface area (Å²) in [6.07, 6.45) is 3.32. The van der Waals surface area contributed by atoms with Crippen molar-refractivity contribution in [3.8, 4) is 5.75 Å². The number of nitrogens with one attached hydrogen (secondary N) is 1. The Labute approximate surface area is 125 Å². The highest BCUT2D eigenvalue weighted by atomic mass is 16.5. The molecule has 0 aromatic heterocycles. The summed E-state index contributed by atoms with van der Waals surface area (Å²) in [4.78, 5) is 11.6. The highest BCUT2D eigenvalue weighted by Crippen LogP contribution is 2.15. The van der Waals surface area contributed by atoms with E-state index in [1.54, 1.807) is 6.08 Å². The summed E-state index contributed by atoms with van der Waals surface area (Å²) >= 11 is 0. The second kappa shape index (κ2) is 7.90. The molecule has 1 amide bonds. The number of hydrogen-bond acceptors (Lipinski definition) is 2. The van der Waals surface area contributed by atoms with Crippen molar-refractivity contribution in [2.45, 2.75) is 6.92 Å². The van der Waals surface area contributed by atoms with Crippen molar-refractivity contribution in [3.63, 3.8) is 0 Å². The van der Waals surface area contributed by atoms with E-state index in [2.05, 4.69) is 5.32 Å². The zero-order valence-electron chi connectivity index (χ0n) is 12.1. The molecular formula is C18H19NO2. The molecule has 0 atom stereocenters. The van der Waals surface area contributed by atoms with Gasteiger partial charge in [0, 0.05) is 6.08 Å². The second-order valence-corrected chi connectivity index (χ2v) is 4.65. The van der Waals surface area contributed by atoms with Gasteiger partial charge in [-0.2, -0.15) is 0 Å². The molecule has 2 aromatic carbocycles. The lowest BCUT2D eigenvalue weighted by molar-refractivity contribution is -0.116. The molecule has 0 saturated heterocycles. The van der Waals surface area contributed by atoms with Gasteiger partial charge in [0.1, 0.15) is 12.4 Å². The molecule has 0 fully saturated rings. The summed E-state index contributed by atoms with van der Waals surface area (Å²) < 4.78 is 5.61. The zero-order chi connectivity index (χ0) is 14.9. The van der Waals surface area contributed by atoms with Crippen LogP contribution in [-0.2, 0) is 4.79 Å². The standard InChI is InChI=1S/C18H19NO2/c1-15-7-5-6-10-17(15)21-14-13-19-18(20)12-11-16-8-3-2-4-9-16/h2-12H,13-14H2,1H3,(H,19,20). The molecule has 1 N–H and O–H groups in total. The number of rotatable bonds is 6. The lowest BCUT2D eigenvalue weighted by Gasteiger charge is -2.08. The molecule has 2 rings (SSSR count). The Kier molecular flexibility index (Phi) is 5.59. The Balaban J connectivity index is 1.70. The van der Waals surface area contributed by atoms with Crippen LogP contribution in [0.2, 0.25) is 0 Å². The lowest BCUT2D eigenvalue weighted by atomic mass is 10.2. The molecule has 0 spiro atoms. The third-order valence-corrected chi connectivity index (χ3v) is 2.98. The predicted octanol–water partition coefficient (Wildman–Crippen LogP) is 3.20. The summed E-state index contributed by atoms with van der Waals surface area (Å²) in [5.74, 6) is 0.735. The maximum Gasteiger partial charge on any atom is 0.244 e. The fourth-order valence-corrected chi connectivity index (χ4v) is 1.85. The highest BCUT2D eigenvalue weighted by Gasteiger charge is 1.98. The van der Waals surface area contributed by atoms with E-state index in [-0.39, 0.29) is 5.91 Å². The third kappa shape index (κ3) is 5.15. The minimum Gasteiger partial charge on any atom is -0.491 e. The fourth-order valence-electron chi connectivity index (χ4n) is 1.85. The van der Waals surface area contributed by atoms with E-state index < -0.39 is 0 Å². The predicted molar refractivity (Wildman–Crippen MR) is 85.2 cm³/mol. The number of benzene rings is 2. The van der Waals surface area contributed by atoms with E-state index in [0.717, 1.165) is 16.9 Å². The van der Waals surface area contributed by atoms with E-state index in [1.807, 2.05) is 61.5 Å². The van der Waals surface area contributed by atoms with Crippen LogP contribution in [0.1, 0.15) is 11.1 Å². The molecule has 0 radical (unpaired) electrons. The summed E-state index contributed by atoms with van der Waals surface area (Å²) in [5.41, 5.74) is 2.09. The van der Waals surface area contributed by atoms with Gasteiger partial charge in [0.25, 0.3) is 0 Å². The van der Waals surface area contributed by atoms with Gasteiger partial charge in [-0.05, 0) is 30.2 Å². The molecule has 2 aromatic rings. The van der Waals surface area contributed by atoms with Gasteiger partial charge in [-0.1, -0.05) is 48.5 Å². The number of ether oxygens (including phenoxy) is 1. The van der Waals surface area contributed by atoms with Crippen molar-refractivity contribution in [1.29, 1.82) is 0 Å². The summed E-state index contributed by atoms with van der Waals surface area (Å²) in [6, 6.07) is 17.5. The van der Waals surface area contributed by atoms with Crippen molar-refractivity contribution < 1.29 is 9.53 Å². The van der Waals surface area contributed by atoms with Gasteiger partial charge in [-0.15, -0.1) is 0 Å². The fraction of sp³-hybridized carbons (Fsp3) is 0.167. The normalized spacial score (nSPS) is 10.5.